The second-order valence-corrected chi connectivity index (χ2v) is 6.88. The molecule has 0 bridgehead atoms. The first-order valence-corrected chi connectivity index (χ1v) is 8.35. The van der Waals surface area contributed by atoms with Gasteiger partial charge in [0.2, 0.25) is 15.9 Å². The lowest BCUT2D eigenvalue weighted by molar-refractivity contribution is -0.122. The van der Waals surface area contributed by atoms with Gasteiger partial charge in [0.15, 0.2) is 0 Å². The largest absolute Gasteiger partial charge is 0.353 e. The molecule has 9 heteroatoms. The zero-order valence-electron chi connectivity index (χ0n) is 12.6. The van der Waals surface area contributed by atoms with Crippen molar-refractivity contribution >= 4 is 39.9 Å². The molecule has 22 heavy (non-hydrogen) atoms. The van der Waals surface area contributed by atoms with E-state index >= 15 is 0 Å². The van der Waals surface area contributed by atoms with Gasteiger partial charge in [-0.2, -0.15) is 4.72 Å². The van der Waals surface area contributed by atoms with E-state index in [2.05, 4.69) is 15.4 Å². The van der Waals surface area contributed by atoms with E-state index in [1.54, 1.807) is 7.05 Å². The Bertz CT molecular complexity index is 579. The highest BCUT2D eigenvalue weighted by atomic mass is 35.5. The summed E-state index contributed by atoms with van der Waals surface area (Å²) in [6, 6.07) is 4.98. The van der Waals surface area contributed by atoms with Crippen molar-refractivity contribution in [1.29, 1.82) is 0 Å². The quantitative estimate of drug-likeness (QED) is 0.672. The predicted octanol–water partition coefficient (Wildman–Crippen LogP) is 1.15. The molecular formula is C13H21Cl2N3O3S. The third-order valence-electron chi connectivity index (χ3n) is 2.92. The highest BCUT2D eigenvalue weighted by Crippen LogP contribution is 2.14. The first kappa shape index (κ1) is 21.1. The number of benzene rings is 1. The van der Waals surface area contributed by atoms with Gasteiger partial charge in [0.05, 0.1) is 10.9 Å². The van der Waals surface area contributed by atoms with Crippen molar-refractivity contribution in [2.45, 2.75) is 30.8 Å². The van der Waals surface area contributed by atoms with Crippen molar-refractivity contribution in [3.63, 3.8) is 0 Å². The van der Waals surface area contributed by atoms with Crippen molar-refractivity contribution in [3.05, 3.63) is 29.3 Å². The SMILES string of the molecule is CNC(C)CNC(=O)C(C)NS(=O)(=O)c1ccc(Cl)cc1.Cl. The minimum Gasteiger partial charge on any atom is -0.353 e. The number of hydrogen-bond donors (Lipinski definition) is 3. The lowest BCUT2D eigenvalue weighted by Crippen LogP contribution is -2.47. The Balaban J connectivity index is 0.00000441. The van der Waals surface area contributed by atoms with Crippen LogP contribution in [0.1, 0.15) is 13.8 Å². The number of amides is 1. The van der Waals surface area contributed by atoms with Crippen molar-refractivity contribution in [2.75, 3.05) is 13.6 Å². The molecule has 0 saturated heterocycles. The zero-order chi connectivity index (χ0) is 16.0. The van der Waals surface area contributed by atoms with Crippen LogP contribution in [-0.4, -0.2) is 40.0 Å². The van der Waals surface area contributed by atoms with Crippen LogP contribution in [0.15, 0.2) is 29.2 Å². The molecule has 0 spiro atoms. The topological polar surface area (TPSA) is 87.3 Å². The maximum Gasteiger partial charge on any atom is 0.241 e. The van der Waals surface area contributed by atoms with Gasteiger partial charge in [-0.15, -0.1) is 12.4 Å². The van der Waals surface area contributed by atoms with E-state index in [1.807, 2.05) is 6.92 Å². The fourth-order valence-corrected chi connectivity index (χ4v) is 2.81. The number of rotatable bonds is 7. The lowest BCUT2D eigenvalue weighted by atomic mass is 10.3. The van der Waals surface area contributed by atoms with Crippen LogP contribution in [0.5, 0.6) is 0 Å². The van der Waals surface area contributed by atoms with Crippen molar-refractivity contribution in [3.8, 4) is 0 Å². The molecule has 0 fully saturated rings. The van der Waals surface area contributed by atoms with E-state index in [9.17, 15) is 13.2 Å². The number of halogens is 2. The average Bonchev–Trinajstić information content (AvgIpc) is 2.44. The Morgan fingerprint density at radius 3 is 2.27 bits per heavy atom. The highest BCUT2D eigenvalue weighted by Gasteiger charge is 2.21. The molecule has 126 valence electrons. The number of nitrogens with one attached hydrogen (secondary N) is 3. The molecule has 1 aromatic rings. The molecule has 6 nitrogen and oxygen atoms in total. The molecule has 0 aromatic heterocycles. The van der Waals surface area contributed by atoms with E-state index < -0.39 is 16.1 Å². The standard InChI is InChI=1S/C13H20ClN3O3S.ClH/c1-9(15-3)8-16-13(18)10(2)17-21(19,20)12-6-4-11(14)5-7-12;/h4-7,9-10,15,17H,8H2,1-3H3,(H,16,18);1H. The van der Waals surface area contributed by atoms with Gasteiger partial charge in [0.25, 0.3) is 0 Å². The predicted molar refractivity (Wildman–Crippen MR) is 90.0 cm³/mol. The summed E-state index contributed by atoms with van der Waals surface area (Å²) in [6.45, 7) is 3.82. The second-order valence-electron chi connectivity index (χ2n) is 4.73. The number of carbonyl (C=O) groups is 1. The van der Waals surface area contributed by atoms with Crippen LogP contribution in [0.4, 0.5) is 0 Å². The Morgan fingerprint density at radius 2 is 1.77 bits per heavy atom. The van der Waals surface area contributed by atoms with Gasteiger partial charge < -0.3 is 10.6 Å². The van der Waals surface area contributed by atoms with Crippen LogP contribution in [0.2, 0.25) is 5.02 Å². The molecular weight excluding hydrogens is 349 g/mol. The van der Waals surface area contributed by atoms with Crippen LogP contribution in [0, 0.1) is 0 Å². The zero-order valence-corrected chi connectivity index (χ0v) is 15.0. The van der Waals surface area contributed by atoms with E-state index in [0.717, 1.165) is 0 Å². The average molecular weight is 370 g/mol. The maximum atomic E-state index is 12.1. The molecule has 1 aromatic carbocycles. The number of hydrogen-bond acceptors (Lipinski definition) is 4. The van der Waals surface area contributed by atoms with Crippen LogP contribution in [0.25, 0.3) is 0 Å². The van der Waals surface area contributed by atoms with E-state index in [4.69, 9.17) is 11.6 Å². The fourth-order valence-electron chi connectivity index (χ4n) is 1.48. The summed E-state index contributed by atoms with van der Waals surface area (Å²) in [6.07, 6.45) is 0. The Hall–Kier alpha value is -0.860. The molecule has 0 radical (unpaired) electrons. The summed E-state index contributed by atoms with van der Waals surface area (Å²) in [7, 11) is -1.97. The summed E-state index contributed by atoms with van der Waals surface area (Å²) in [5, 5.41) is 6.08. The van der Waals surface area contributed by atoms with Gasteiger partial charge in [-0.3, -0.25) is 4.79 Å². The number of carbonyl (C=O) groups excluding carboxylic acids is 1. The minimum atomic E-state index is -3.75. The van der Waals surface area contributed by atoms with Gasteiger partial charge in [-0.1, -0.05) is 11.6 Å². The molecule has 0 aliphatic heterocycles. The first-order chi connectivity index (χ1) is 9.76. The van der Waals surface area contributed by atoms with E-state index in [0.29, 0.717) is 11.6 Å². The fraction of sp³-hybridized carbons (Fsp3) is 0.462. The molecule has 0 aliphatic rings. The van der Waals surface area contributed by atoms with Crippen LogP contribution in [0.3, 0.4) is 0 Å². The van der Waals surface area contributed by atoms with Gasteiger partial charge in [0.1, 0.15) is 0 Å². The maximum absolute atomic E-state index is 12.1. The molecule has 3 N–H and O–H groups in total. The second kappa shape index (κ2) is 9.32. The van der Waals surface area contributed by atoms with Crippen molar-refractivity contribution in [2.24, 2.45) is 0 Å². The van der Waals surface area contributed by atoms with Crippen LogP contribution >= 0.6 is 24.0 Å². The normalized spacial score (nSPS) is 13.8. The van der Waals surface area contributed by atoms with Crippen molar-refractivity contribution < 1.29 is 13.2 Å². The van der Waals surface area contributed by atoms with Crippen LogP contribution < -0.4 is 15.4 Å². The van der Waals surface area contributed by atoms with Gasteiger partial charge in [-0.25, -0.2) is 8.42 Å². The molecule has 0 aliphatic carbocycles. The van der Waals surface area contributed by atoms with Gasteiger partial charge >= 0.3 is 0 Å². The minimum absolute atomic E-state index is 0. The summed E-state index contributed by atoms with van der Waals surface area (Å²) in [5.74, 6) is -0.380. The molecule has 0 heterocycles. The molecule has 1 rings (SSSR count). The summed E-state index contributed by atoms with van der Waals surface area (Å²) in [4.78, 5) is 11.9. The van der Waals surface area contributed by atoms with E-state index in [1.165, 1.54) is 31.2 Å². The molecule has 2 atom stereocenters. The number of likely N-dealkylation sites (N-methyl/N-ethyl adjacent to an activating group) is 1. The lowest BCUT2D eigenvalue weighted by Gasteiger charge is -2.16. The number of sulfonamides is 1. The van der Waals surface area contributed by atoms with Gasteiger partial charge in [0, 0.05) is 17.6 Å². The Kier molecular flexibility index (Phi) is 8.95. The smallest absolute Gasteiger partial charge is 0.241 e. The summed E-state index contributed by atoms with van der Waals surface area (Å²) < 4.78 is 26.5. The van der Waals surface area contributed by atoms with Crippen LogP contribution in [-0.2, 0) is 14.8 Å². The summed E-state index contributed by atoms with van der Waals surface area (Å²) >= 11 is 5.72. The Morgan fingerprint density at radius 1 is 1.23 bits per heavy atom. The molecule has 2 unspecified atom stereocenters. The third kappa shape index (κ3) is 6.50. The van der Waals surface area contributed by atoms with Crippen molar-refractivity contribution in [1.82, 2.24) is 15.4 Å². The molecule has 1 amide bonds. The highest BCUT2D eigenvalue weighted by molar-refractivity contribution is 7.89. The molecule has 0 saturated carbocycles. The Labute approximate surface area is 142 Å². The summed E-state index contributed by atoms with van der Waals surface area (Å²) in [5.41, 5.74) is 0. The third-order valence-corrected chi connectivity index (χ3v) is 4.73. The first-order valence-electron chi connectivity index (χ1n) is 6.49. The van der Waals surface area contributed by atoms with Gasteiger partial charge in [-0.05, 0) is 45.2 Å². The van der Waals surface area contributed by atoms with E-state index in [-0.39, 0.29) is 29.3 Å². The monoisotopic (exact) mass is 369 g/mol.